The van der Waals surface area contributed by atoms with Gasteiger partial charge in [-0.15, -0.1) is 0 Å². The molecule has 4 rings (SSSR count). The standard InChI is InChI=1S/C26H25NO6/c1-3-30-24(28)26(25(29)31-4-2)21(18-12-7-5-8-13-18)22(20-16-11-17-32-20)27-23(33-26)19-14-9-6-10-15-19/h5-17,21,23H,3-4H2,1-2H3/t21-,23+/m1/s1. The fourth-order valence-corrected chi connectivity index (χ4v) is 3.98. The zero-order valence-corrected chi connectivity index (χ0v) is 18.5. The van der Waals surface area contributed by atoms with Crippen LogP contribution in [-0.4, -0.2) is 36.5 Å². The lowest BCUT2D eigenvalue weighted by molar-refractivity contribution is -0.202. The lowest BCUT2D eigenvalue weighted by atomic mass is 9.76. The number of ether oxygens (including phenoxy) is 3. The molecule has 0 fully saturated rings. The first-order chi connectivity index (χ1) is 16.1. The third-order valence-electron chi connectivity index (χ3n) is 5.38. The minimum atomic E-state index is -2.13. The zero-order chi connectivity index (χ0) is 23.3. The predicted octanol–water partition coefficient (Wildman–Crippen LogP) is 4.45. The van der Waals surface area contributed by atoms with Crippen LogP contribution < -0.4 is 0 Å². The number of carbonyl (C=O) groups is 2. The van der Waals surface area contributed by atoms with Gasteiger partial charge in [0.1, 0.15) is 5.76 Å². The highest BCUT2D eigenvalue weighted by atomic mass is 16.6. The first-order valence-corrected chi connectivity index (χ1v) is 10.9. The van der Waals surface area contributed by atoms with Gasteiger partial charge in [0.25, 0.3) is 5.60 Å². The molecule has 0 amide bonds. The Morgan fingerprint density at radius 1 is 0.848 bits per heavy atom. The number of hydrogen-bond acceptors (Lipinski definition) is 7. The molecule has 1 aliphatic heterocycles. The molecular weight excluding hydrogens is 422 g/mol. The second kappa shape index (κ2) is 9.83. The molecule has 0 aliphatic carbocycles. The van der Waals surface area contributed by atoms with Crippen molar-refractivity contribution in [2.75, 3.05) is 13.2 Å². The Morgan fingerprint density at radius 3 is 1.94 bits per heavy atom. The smallest absolute Gasteiger partial charge is 0.351 e. The zero-order valence-electron chi connectivity index (χ0n) is 18.5. The van der Waals surface area contributed by atoms with Crippen molar-refractivity contribution in [3.8, 4) is 0 Å². The lowest BCUT2D eigenvalue weighted by Crippen LogP contribution is -2.59. The van der Waals surface area contributed by atoms with Crippen LogP contribution in [0.25, 0.3) is 0 Å². The van der Waals surface area contributed by atoms with Crippen molar-refractivity contribution >= 4 is 17.7 Å². The van der Waals surface area contributed by atoms with E-state index in [-0.39, 0.29) is 13.2 Å². The normalized spacial score (nSPS) is 19.4. The Kier molecular flexibility index (Phi) is 6.70. The highest BCUT2D eigenvalue weighted by Gasteiger charge is 2.62. The lowest BCUT2D eigenvalue weighted by Gasteiger charge is -2.41. The van der Waals surface area contributed by atoms with E-state index < -0.39 is 29.7 Å². The van der Waals surface area contributed by atoms with Crippen LogP contribution in [0.3, 0.4) is 0 Å². The van der Waals surface area contributed by atoms with E-state index in [2.05, 4.69) is 0 Å². The molecule has 2 heterocycles. The molecule has 0 unspecified atom stereocenters. The molecule has 7 heteroatoms. The molecule has 2 aromatic carbocycles. The summed E-state index contributed by atoms with van der Waals surface area (Å²) >= 11 is 0. The van der Waals surface area contributed by atoms with E-state index in [0.717, 1.165) is 0 Å². The average Bonchev–Trinajstić information content (AvgIpc) is 3.39. The van der Waals surface area contributed by atoms with Crippen molar-refractivity contribution in [1.29, 1.82) is 0 Å². The summed E-state index contributed by atoms with van der Waals surface area (Å²) in [5.74, 6) is -2.21. The topological polar surface area (TPSA) is 87.3 Å². The van der Waals surface area contributed by atoms with Gasteiger partial charge >= 0.3 is 11.9 Å². The van der Waals surface area contributed by atoms with E-state index >= 15 is 0 Å². The molecule has 3 aromatic rings. The molecule has 7 nitrogen and oxygen atoms in total. The summed E-state index contributed by atoms with van der Waals surface area (Å²) in [6, 6.07) is 21.7. The van der Waals surface area contributed by atoms with Gasteiger partial charge in [0.2, 0.25) is 0 Å². The Bertz CT molecular complexity index is 1090. The molecule has 0 bridgehead atoms. The summed E-state index contributed by atoms with van der Waals surface area (Å²) in [7, 11) is 0. The summed E-state index contributed by atoms with van der Waals surface area (Å²) in [6.07, 6.45) is 0.559. The van der Waals surface area contributed by atoms with Gasteiger partial charge in [-0.3, -0.25) is 0 Å². The van der Waals surface area contributed by atoms with E-state index in [9.17, 15) is 9.59 Å². The molecule has 2 atom stereocenters. The Labute approximate surface area is 192 Å². The third-order valence-corrected chi connectivity index (χ3v) is 5.38. The summed E-state index contributed by atoms with van der Waals surface area (Å²) in [5.41, 5.74) is -0.420. The number of esters is 2. The number of nitrogens with zero attached hydrogens (tertiary/aromatic N) is 1. The van der Waals surface area contributed by atoms with Gasteiger partial charge in [-0.1, -0.05) is 60.7 Å². The average molecular weight is 447 g/mol. The van der Waals surface area contributed by atoms with E-state index in [4.69, 9.17) is 23.6 Å². The SMILES string of the molecule is CCOC(=O)C1(C(=O)OCC)O[C@@H](c2ccccc2)N=C(c2ccco2)[C@H]1c1ccccc1. The molecule has 1 aromatic heterocycles. The van der Waals surface area contributed by atoms with Crippen LogP contribution in [0.4, 0.5) is 0 Å². The van der Waals surface area contributed by atoms with Crippen LogP contribution in [-0.2, 0) is 23.8 Å². The third kappa shape index (κ3) is 4.19. The minimum absolute atomic E-state index is 0.0636. The van der Waals surface area contributed by atoms with Crippen LogP contribution >= 0.6 is 0 Å². The molecule has 0 radical (unpaired) electrons. The van der Waals surface area contributed by atoms with Gasteiger partial charge < -0.3 is 18.6 Å². The Morgan fingerprint density at radius 2 is 1.42 bits per heavy atom. The number of rotatable bonds is 7. The Hall–Kier alpha value is -3.71. The maximum atomic E-state index is 13.6. The summed E-state index contributed by atoms with van der Waals surface area (Å²) in [6.45, 7) is 3.48. The van der Waals surface area contributed by atoms with E-state index in [1.54, 1.807) is 26.0 Å². The number of carbonyl (C=O) groups excluding carboxylic acids is 2. The summed E-state index contributed by atoms with van der Waals surface area (Å²) in [5, 5.41) is 0. The van der Waals surface area contributed by atoms with Crippen LogP contribution in [0.1, 0.15) is 42.9 Å². The van der Waals surface area contributed by atoms with Gasteiger partial charge in [-0.05, 0) is 31.5 Å². The van der Waals surface area contributed by atoms with Gasteiger partial charge in [0.15, 0.2) is 6.23 Å². The van der Waals surface area contributed by atoms with Crippen LogP contribution in [0, 0.1) is 0 Å². The Balaban J connectivity index is 2.01. The second-order valence-corrected chi connectivity index (χ2v) is 7.39. The highest BCUT2D eigenvalue weighted by Crippen LogP contribution is 2.45. The van der Waals surface area contributed by atoms with Crippen LogP contribution in [0.5, 0.6) is 0 Å². The predicted molar refractivity (Wildman–Crippen MR) is 121 cm³/mol. The molecule has 33 heavy (non-hydrogen) atoms. The van der Waals surface area contributed by atoms with Crippen LogP contribution in [0.15, 0.2) is 88.5 Å². The number of hydrogen-bond donors (Lipinski definition) is 0. The van der Waals surface area contributed by atoms with E-state index in [1.165, 1.54) is 6.26 Å². The molecule has 0 N–H and O–H groups in total. The van der Waals surface area contributed by atoms with Gasteiger partial charge in [0, 0.05) is 5.56 Å². The molecular formula is C26H25NO6. The van der Waals surface area contributed by atoms with E-state index in [1.807, 2.05) is 60.7 Å². The highest BCUT2D eigenvalue weighted by molar-refractivity contribution is 6.16. The molecule has 1 aliphatic rings. The van der Waals surface area contributed by atoms with Gasteiger partial charge in [-0.2, -0.15) is 0 Å². The monoisotopic (exact) mass is 447 g/mol. The van der Waals surface area contributed by atoms with Crippen molar-refractivity contribution in [1.82, 2.24) is 0 Å². The maximum absolute atomic E-state index is 13.6. The second-order valence-electron chi connectivity index (χ2n) is 7.39. The van der Waals surface area contributed by atoms with Crippen molar-refractivity contribution in [2.24, 2.45) is 4.99 Å². The van der Waals surface area contributed by atoms with Crippen molar-refractivity contribution in [3.63, 3.8) is 0 Å². The molecule has 170 valence electrons. The van der Waals surface area contributed by atoms with Crippen molar-refractivity contribution in [2.45, 2.75) is 31.6 Å². The minimum Gasteiger partial charge on any atom is -0.463 e. The van der Waals surface area contributed by atoms with Crippen molar-refractivity contribution < 1.29 is 28.2 Å². The molecule has 0 spiro atoms. The van der Waals surface area contributed by atoms with Crippen LogP contribution in [0.2, 0.25) is 0 Å². The quantitative estimate of drug-likeness (QED) is 0.393. The number of aliphatic imine (C=N–C) groups is 1. The summed E-state index contributed by atoms with van der Waals surface area (Å²) in [4.78, 5) is 32.0. The number of benzene rings is 2. The van der Waals surface area contributed by atoms with Gasteiger partial charge in [-0.25, -0.2) is 14.6 Å². The number of furan rings is 1. The fourth-order valence-electron chi connectivity index (χ4n) is 3.98. The first-order valence-electron chi connectivity index (χ1n) is 10.9. The van der Waals surface area contributed by atoms with E-state index in [0.29, 0.717) is 22.6 Å². The maximum Gasteiger partial charge on any atom is 0.351 e. The summed E-state index contributed by atoms with van der Waals surface area (Å²) < 4.78 is 22.8. The van der Waals surface area contributed by atoms with Crippen molar-refractivity contribution in [3.05, 3.63) is 95.9 Å². The molecule has 0 saturated carbocycles. The first kappa shape index (κ1) is 22.5. The largest absolute Gasteiger partial charge is 0.463 e. The molecule has 0 saturated heterocycles. The van der Waals surface area contributed by atoms with Gasteiger partial charge in [0.05, 0.1) is 31.1 Å². The fraction of sp³-hybridized carbons (Fsp3) is 0.269.